The number of benzene rings is 2. The number of hydrogen-bond donors (Lipinski definition) is 8. The molecular weight excluding hydrogens is 647 g/mol. The molecule has 248 valence electrons. The quantitative estimate of drug-likeness (QED) is 0.0867. The van der Waals surface area contributed by atoms with E-state index in [1.54, 1.807) is 6.92 Å². The Morgan fingerprint density at radius 1 is 0.913 bits per heavy atom. The van der Waals surface area contributed by atoms with Gasteiger partial charge in [-0.15, -0.1) is 0 Å². The number of phenolic OH excluding ortho intramolecular Hbond substituents is 4. The number of phenols is 4. The lowest BCUT2D eigenvalue weighted by Crippen LogP contribution is -2.63. The van der Waals surface area contributed by atoms with Crippen molar-refractivity contribution in [2.75, 3.05) is 32.7 Å². The molecule has 0 unspecified atom stereocenters. The Morgan fingerprint density at radius 3 is 1.93 bits per heavy atom. The Morgan fingerprint density at radius 2 is 1.43 bits per heavy atom. The van der Waals surface area contributed by atoms with Crippen LogP contribution in [0.15, 0.2) is 35.5 Å². The molecule has 1 saturated heterocycles. The van der Waals surface area contributed by atoms with Crippen LogP contribution < -0.4 is 10.6 Å². The van der Waals surface area contributed by atoms with E-state index in [1.165, 1.54) is 24.0 Å². The van der Waals surface area contributed by atoms with Crippen molar-refractivity contribution in [3.63, 3.8) is 0 Å². The van der Waals surface area contributed by atoms with Crippen LogP contribution in [-0.4, -0.2) is 109 Å². The Hall–Kier alpha value is -4.24. The van der Waals surface area contributed by atoms with Crippen LogP contribution in [0.2, 0.25) is 10.0 Å². The summed E-state index contributed by atoms with van der Waals surface area (Å²) in [5.41, 5.74) is 0.211. The standard InChI is InChI=1S/C30H34Cl2N4O10/c1-13-17(24(30(45)46)36-23(13)20(14(2)37)29(36)44)12-35(11-9-34-28(43)16-5-7-19(39)26(41)22(16)32)10-3-8-33-27(42)15-4-6-18(38)25(40)21(15)31/h4-7,13-14,20,23,37-41H,3,8-12H2,1-2H3,(H,33,42)(H,34,43)(H,45,46)/t13-,14+,20+,23+/m0/s1. The van der Waals surface area contributed by atoms with Gasteiger partial charge in [-0.05, 0) is 43.2 Å². The first-order chi connectivity index (χ1) is 21.7. The number of rotatable bonds is 13. The third-order valence-electron chi connectivity index (χ3n) is 8.24. The van der Waals surface area contributed by atoms with Crippen molar-refractivity contribution >= 4 is 46.9 Å². The van der Waals surface area contributed by atoms with Gasteiger partial charge in [0, 0.05) is 38.6 Å². The fourth-order valence-electron chi connectivity index (χ4n) is 5.85. The second-order valence-electron chi connectivity index (χ2n) is 11.2. The van der Waals surface area contributed by atoms with Gasteiger partial charge in [-0.1, -0.05) is 30.1 Å². The van der Waals surface area contributed by atoms with E-state index in [0.717, 1.165) is 12.1 Å². The molecule has 1 fully saturated rings. The average molecular weight is 682 g/mol. The maximum Gasteiger partial charge on any atom is 0.352 e. The highest BCUT2D eigenvalue weighted by molar-refractivity contribution is 6.36. The lowest BCUT2D eigenvalue weighted by Gasteiger charge is -2.46. The van der Waals surface area contributed by atoms with Crippen LogP contribution >= 0.6 is 23.2 Å². The molecule has 4 atom stereocenters. The number of aliphatic hydroxyl groups excluding tert-OH is 1. The van der Waals surface area contributed by atoms with E-state index >= 15 is 0 Å². The number of carboxylic acid groups (broad SMARTS) is 1. The van der Waals surface area contributed by atoms with E-state index in [4.69, 9.17) is 23.2 Å². The van der Waals surface area contributed by atoms with Crippen LogP contribution in [0.1, 0.15) is 41.0 Å². The number of carbonyl (C=O) groups is 4. The molecule has 0 aromatic heterocycles. The molecule has 0 radical (unpaired) electrons. The Labute approximate surface area is 273 Å². The fourth-order valence-corrected chi connectivity index (χ4v) is 6.34. The number of amides is 3. The number of β-lactam (4-membered cyclic amide) rings is 1. The number of nitrogens with one attached hydrogen (secondary N) is 2. The van der Waals surface area contributed by atoms with Gasteiger partial charge < -0.3 is 46.2 Å². The lowest BCUT2D eigenvalue weighted by atomic mass is 9.77. The molecular formula is C30H34Cl2N4O10. The molecule has 16 heteroatoms. The molecule has 0 saturated carbocycles. The molecule has 2 aliphatic heterocycles. The topological polar surface area (TPSA) is 220 Å². The number of carbonyl (C=O) groups excluding carboxylic acids is 3. The van der Waals surface area contributed by atoms with Crippen LogP contribution in [0, 0.1) is 11.8 Å². The van der Waals surface area contributed by atoms with E-state index in [9.17, 15) is 49.8 Å². The molecule has 2 aromatic rings. The molecule has 14 nitrogen and oxygen atoms in total. The van der Waals surface area contributed by atoms with E-state index in [0.29, 0.717) is 18.5 Å². The summed E-state index contributed by atoms with van der Waals surface area (Å²) in [7, 11) is 0. The normalized spacial score (nSPS) is 19.6. The molecule has 46 heavy (non-hydrogen) atoms. The van der Waals surface area contributed by atoms with Crippen LogP contribution in [0.25, 0.3) is 0 Å². The van der Waals surface area contributed by atoms with Gasteiger partial charge in [-0.2, -0.15) is 0 Å². The minimum Gasteiger partial charge on any atom is -0.504 e. The van der Waals surface area contributed by atoms with Gasteiger partial charge in [0.1, 0.15) is 5.70 Å². The van der Waals surface area contributed by atoms with Gasteiger partial charge in [0.25, 0.3) is 11.8 Å². The van der Waals surface area contributed by atoms with Gasteiger partial charge >= 0.3 is 5.97 Å². The maximum absolute atomic E-state index is 12.8. The summed E-state index contributed by atoms with van der Waals surface area (Å²) in [4.78, 5) is 53.5. The summed E-state index contributed by atoms with van der Waals surface area (Å²) < 4.78 is 0. The third-order valence-corrected chi connectivity index (χ3v) is 9.01. The number of halogens is 2. The summed E-state index contributed by atoms with van der Waals surface area (Å²) in [5, 5.41) is 63.8. The fraction of sp³-hybridized carbons (Fsp3) is 0.400. The smallest absolute Gasteiger partial charge is 0.352 e. The van der Waals surface area contributed by atoms with Crippen LogP contribution in [0.4, 0.5) is 0 Å². The van der Waals surface area contributed by atoms with Gasteiger partial charge in [0.2, 0.25) is 5.91 Å². The predicted octanol–water partition coefficient (Wildman–Crippen LogP) is 1.86. The monoisotopic (exact) mass is 680 g/mol. The van der Waals surface area contributed by atoms with Crippen molar-refractivity contribution in [1.29, 1.82) is 0 Å². The third kappa shape index (κ3) is 6.65. The van der Waals surface area contributed by atoms with Crippen molar-refractivity contribution in [2.24, 2.45) is 11.8 Å². The van der Waals surface area contributed by atoms with Gasteiger partial charge in [0.15, 0.2) is 23.0 Å². The molecule has 2 aromatic carbocycles. The van der Waals surface area contributed by atoms with E-state index in [1.807, 2.05) is 4.90 Å². The van der Waals surface area contributed by atoms with Crippen LogP contribution in [0.3, 0.4) is 0 Å². The van der Waals surface area contributed by atoms with E-state index in [2.05, 4.69) is 10.6 Å². The Bertz CT molecular complexity index is 1600. The Balaban J connectivity index is 1.47. The van der Waals surface area contributed by atoms with Crippen molar-refractivity contribution < 1.29 is 49.8 Å². The maximum atomic E-state index is 12.8. The number of aliphatic carboxylic acids is 1. The van der Waals surface area contributed by atoms with Crippen LogP contribution in [-0.2, 0) is 9.59 Å². The Kier molecular flexibility index (Phi) is 10.6. The SMILES string of the molecule is C[C@@H](O)[C@H]1C(=O)N2C(C(=O)O)=C(CN(CCCNC(=O)c3ccc(O)c(O)c3Cl)CCNC(=O)c3ccc(O)c(O)c3Cl)[C@H](C)[C@H]12. The minimum absolute atomic E-state index is 0.0478. The molecule has 2 heterocycles. The highest BCUT2D eigenvalue weighted by atomic mass is 35.5. The highest BCUT2D eigenvalue weighted by Gasteiger charge is 2.59. The summed E-state index contributed by atoms with van der Waals surface area (Å²) in [5.74, 6) is -6.32. The van der Waals surface area contributed by atoms with E-state index in [-0.39, 0.29) is 59.0 Å². The summed E-state index contributed by atoms with van der Waals surface area (Å²) in [6.07, 6.45) is -0.610. The molecule has 0 bridgehead atoms. The van der Waals surface area contributed by atoms with E-state index < -0.39 is 64.8 Å². The molecule has 0 spiro atoms. The van der Waals surface area contributed by atoms with Crippen molar-refractivity contribution in [1.82, 2.24) is 20.4 Å². The number of fused-ring (bicyclic) bond motifs is 1. The highest BCUT2D eigenvalue weighted by Crippen LogP contribution is 2.47. The molecule has 2 aliphatic rings. The molecule has 4 rings (SSSR count). The summed E-state index contributed by atoms with van der Waals surface area (Å²) >= 11 is 12.0. The van der Waals surface area contributed by atoms with Crippen molar-refractivity contribution in [3.8, 4) is 23.0 Å². The predicted molar refractivity (Wildman–Crippen MR) is 165 cm³/mol. The molecule has 8 N–H and O–H groups in total. The average Bonchev–Trinajstić information content (AvgIpc) is 3.23. The zero-order chi connectivity index (χ0) is 34.0. The first-order valence-corrected chi connectivity index (χ1v) is 15.1. The first kappa shape index (κ1) is 34.6. The number of nitrogens with zero attached hydrogens (tertiary/aromatic N) is 2. The van der Waals surface area contributed by atoms with Gasteiger partial charge in [0.05, 0.1) is 39.2 Å². The molecule has 0 aliphatic carbocycles. The minimum atomic E-state index is -1.28. The first-order valence-electron chi connectivity index (χ1n) is 14.3. The number of hydrogen-bond acceptors (Lipinski definition) is 10. The number of aliphatic hydroxyl groups is 1. The van der Waals surface area contributed by atoms with Crippen LogP contribution in [0.5, 0.6) is 23.0 Å². The summed E-state index contributed by atoms with van der Waals surface area (Å²) in [6, 6.07) is 4.25. The number of aromatic hydroxyl groups is 4. The van der Waals surface area contributed by atoms with Crippen molar-refractivity contribution in [3.05, 3.63) is 56.7 Å². The second-order valence-corrected chi connectivity index (χ2v) is 11.9. The zero-order valence-electron chi connectivity index (χ0n) is 24.8. The second kappa shape index (κ2) is 14.0. The zero-order valence-corrected chi connectivity index (χ0v) is 26.3. The van der Waals surface area contributed by atoms with Gasteiger partial charge in [-0.25, -0.2) is 4.79 Å². The van der Waals surface area contributed by atoms with Crippen molar-refractivity contribution in [2.45, 2.75) is 32.4 Å². The van der Waals surface area contributed by atoms with Gasteiger partial charge in [-0.3, -0.25) is 19.3 Å². The summed E-state index contributed by atoms with van der Waals surface area (Å²) in [6.45, 7) is 4.06. The molecule has 3 amide bonds. The largest absolute Gasteiger partial charge is 0.504 e. The lowest BCUT2D eigenvalue weighted by molar-refractivity contribution is -0.163. The number of carboxylic acids is 1.